The molecule has 1 aromatic rings. The third-order valence-corrected chi connectivity index (χ3v) is 5.99. The molecule has 0 unspecified atom stereocenters. The second kappa shape index (κ2) is 6.15. The Morgan fingerprint density at radius 3 is 3.10 bits per heavy atom. The van der Waals surface area contributed by atoms with Crippen LogP contribution in [0.5, 0.6) is 0 Å². The predicted octanol–water partition coefficient (Wildman–Crippen LogP) is 3.24. The van der Waals surface area contributed by atoms with Crippen LogP contribution in [0, 0.1) is 5.92 Å². The van der Waals surface area contributed by atoms with E-state index in [0.717, 1.165) is 34.9 Å². The predicted molar refractivity (Wildman–Crippen MR) is 84.7 cm³/mol. The average Bonchev–Trinajstić information content (AvgIpc) is 2.89. The van der Waals surface area contributed by atoms with E-state index in [2.05, 4.69) is 5.32 Å². The Hall–Kier alpha value is -0.780. The molecule has 1 saturated carbocycles. The van der Waals surface area contributed by atoms with Crippen molar-refractivity contribution in [2.45, 2.75) is 44.2 Å². The molecule has 0 bridgehead atoms. The Morgan fingerprint density at radius 2 is 2.33 bits per heavy atom. The number of aliphatic hydroxyl groups is 1. The van der Waals surface area contributed by atoms with Gasteiger partial charge in [0.05, 0.1) is 16.5 Å². The summed E-state index contributed by atoms with van der Waals surface area (Å²) in [4.78, 5) is 15.2. The number of fused-ring (bicyclic) bond motifs is 1. The van der Waals surface area contributed by atoms with Gasteiger partial charge in [0.2, 0.25) is 0 Å². The third kappa shape index (κ3) is 3.35. The van der Waals surface area contributed by atoms with E-state index in [-0.39, 0.29) is 11.9 Å². The number of carbonyl (C=O) groups excluding carboxylic acids is 1. The largest absolute Gasteiger partial charge is 0.389 e. The van der Waals surface area contributed by atoms with E-state index in [1.54, 1.807) is 0 Å². The van der Waals surface area contributed by atoms with Crippen LogP contribution in [-0.4, -0.2) is 34.7 Å². The molecule has 21 heavy (non-hydrogen) atoms. The number of nitrogens with one attached hydrogen (secondary N) is 1. The van der Waals surface area contributed by atoms with Gasteiger partial charge >= 0.3 is 6.03 Å². The molecule has 0 spiro atoms. The molecule has 3 rings (SSSR count). The fourth-order valence-corrected chi connectivity index (χ4v) is 4.50. The molecule has 116 valence electrons. The van der Waals surface area contributed by atoms with Crippen molar-refractivity contribution in [1.82, 2.24) is 10.2 Å². The van der Waals surface area contributed by atoms with Crippen molar-refractivity contribution in [1.29, 1.82) is 0 Å². The Labute approximate surface area is 134 Å². The molecule has 4 nitrogen and oxygen atoms in total. The highest BCUT2D eigenvalue weighted by Gasteiger charge is 2.43. The van der Waals surface area contributed by atoms with E-state index in [1.807, 2.05) is 17.0 Å². The number of nitrogens with zero attached hydrogens (tertiary/aromatic N) is 1. The molecule has 6 heteroatoms. The molecule has 2 heterocycles. The lowest BCUT2D eigenvalue weighted by atomic mass is 9.71. The maximum atomic E-state index is 12.3. The van der Waals surface area contributed by atoms with Gasteiger partial charge in [0, 0.05) is 23.9 Å². The molecule has 1 aromatic heterocycles. The van der Waals surface area contributed by atoms with Crippen molar-refractivity contribution in [2.24, 2.45) is 5.92 Å². The minimum atomic E-state index is -0.531. The summed E-state index contributed by atoms with van der Waals surface area (Å²) in [5.41, 5.74) is -0.531. The summed E-state index contributed by atoms with van der Waals surface area (Å²) in [6.07, 6.45) is 4.89. The normalized spacial score (nSPS) is 29.0. The van der Waals surface area contributed by atoms with Crippen LogP contribution in [0.1, 0.15) is 37.0 Å². The third-order valence-electron chi connectivity index (χ3n) is 4.76. The Kier molecular flexibility index (Phi) is 4.43. The summed E-state index contributed by atoms with van der Waals surface area (Å²) >= 11 is 7.37. The molecular weight excluding hydrogens is 308 g/mol. The van der Waals surface area contributed by atoms with Gasteiger partial charge in [0.25, 0.3) is 0 Å². The first kappa shape index (κ1) is 15.1. The number of hydrogen-bond acceptors (Lipinski definition) is 3. The summed E-state index contributed by atoms with van der Waals surface area (Å²) in [5.74, 6) is 0.238. The van der Waals surface area contributed by atoms with Crippen LogP contribution in [0.25, 0.3) is 0 Å². The van der Waals surface area contributed by atoms with Crippen molar-refractivity contribution >= 4 is 29.0 Å². The second-order valence-electron chi connectivity index (χ2n) is 6.11. The summed E-state index contributed by atoms with van der Waals surface area (Å²) in [7, 11) is 0. The molecule has 0 aromatic carbocycles. The molecule has 2 aliphatic rings. The Morgan fingerprint density at radius 1 is 1.48 bits per heavy atom. The van der Waals surface area contributed by atoms with Crippen LogP contribution in [0.4, 0.5) is 4.79 Å². The first-order valence-corrected chi connectivity index (χ1v) is 8.76. The lowest BCUT2D eigenvalue weighted by Gasteiger charge is -2.47. The van der Waals surface area contributed by atoms with Crippen molar-refractivity contribution < 1.29 is 9.90 Å². The molecule has 1 aliphatic carbocycles. The minimum absolute atomic E-state index is 0.0351. The zero-order chi connectivity index (χ0) is 14.9. The van der Waals surface area contributed by atoms with Gasteiger partial charge in [-0.3, -0.25) is 0 Å². The molecule has 2 amide bonds. The molecule has 2 N–H and O–H groups in total. The molecule has 2 fully saturated rings. The lowest BCUT2D eigenvalue weighted by Crippen LogP contribution is -2.56. The van der Waals surface area contributed by atoms with Crippen molar-refractivity contribution in [3.63, 3.8) is 0 Å². The number of thiophene rings is 1. The van der Waals surface area contributed by atoms with Crippen molar-refractivity contribution in [3.05, 3.63) is 21.3 Å². The van der Waals surface area contributed by atoms with Crippen molar-refractivity contribution in [3.8, 4) is 0 Å². The minimum Gasteiger partial charge on any atom is -0.389 e. The van der Waals surface area contributed by atoms with Gasteiger partial charge < -0.3 is 15.3 Å². The highest BCUT2D eigenvalue weighted by Crippen LogP contribution is 2.39. The van der Waals surface area contributed by atoms with E-state index in [0.29, 0.717) is 26.1 Å². The lowest BCUT2D eigenvalue weighted by molar-refractivity contribution is -0.0870. The van der Waals surface area contributed by atoms with Gasteiger partial charge in [-0.25, -0.2) is 4.79 Å². The number of piperidine rings is 1. The second-order valence-corrected chi connectivity index (χ2v) is 7.91. The van der Waals surface area contributed by atoms with Crippen LogP contribution >= 0.6 is 22.9 Å². The zero-order valence-electron chi connectivity index (χ0n) is 12.0. The monoisotopic (exact) mass is 328 g/mol. The summed E-state index contributed by atoms with van der Waals surface area (Å²) in [6.45, 7) is 1.83. The fraction of sp³-hybridized carbons (Fsp3) is 0.667. The van der Waals surface area contributed by atoms with E-state index in [4.69, 9.17) is 11.6 Å². The van der Waals surface area contributed by atoms with Crippen LogP contribution < -0.4 is 5.32 Å². The van der Waals surface area contributed by atoms with E-state index < -0.39 is 5.60 Å². The van der Waals surface area contributed by atoms with Crippen LogP contribution in [0.2, 0.25) is 4.34 Å². The Bertz CT molecular complexity index is 522. The summed E-state index contributed by atoms with van der Waals surface area (Å²) < 4.78 is 0.740. The average molecular weight is 329 g/mol. The highest BCUT2D eigenvalue weighted by molar-refractivity contribution is 7.16. The van der Waals surface area contributed by atoms with E-state index in [1.165, 1.54) is 11.3 Å². The number of urea groups is 1. The molecule has 2 atom stereocenters. The molecule has 1 aliphatic heterocycles. The number of likely N-dealkylation sites (tertiary alicyclic amines) is 1. The number of rotatable bonds is 2. The molecule has 0 radical (unpaired) electrons. The van der Waals surface area contributed by atoms with Gasteiger partial charge in [-0.2, -0.15) is 0 Å². The number of halogens is 1. The van der Waals surface area contributed by atoms with E-state index >= 15 is 0 Å². The van der Waals surface area contributed by atoms with Gasteiger partial charge in [-0.15, -0.1) is 11.3 Å². The van der Waals surface area contributed by atoms with Crippen molar-refractivity contribution in [2.75, 3.05) is 13.1 Å². The summed E-state index contributed by atoms with van der Waals surface area (Å²) in [5, 5.41) is 13.6. The van der Waals surface area contributed by atoms with Gasteiger partial charge in [-0.05, 0) is 31.4 Å². The number of amides is 2. The topological polar surface area (TPSA) is 52.6 Å². The van der Waals surface area contributed by atoms with Crippen LogP contribution in [-0.2, 0) is 6.54 Å². The van der Waals surface area contributed by atoms with Crippen LogP contribution in [0.3, 0.4) is 0 Å². The quantitative estimate of drug-likeness (QED) is 0.875. The number of hydrogen-bond donors (Lipinski definition) is 2. The van der Waals surface area contributed by atoms with Gasteiger partial charge in [0.1, 0.15) is 0 Å². The first-order valence-electron chi connectivity index (χ1n) is 7.56. The SMILES string of the molecule is O=C(NCc1ccc(Cl)s1)N1CC[C@]2(O)CCCC[C@H]2C1. The Balaban J connectivity index is 1.54. The molecular formula is C15H21ClN2O2S. The molecule has 1 saturated heterocycles. The van der Waals surface area contributed by atoms with Crippen LogP contribution in [0.15, 0.2) is 12.1 Å². The van der Waals surface area contributed by atoms with E-state index in [9.17, 15) is 9.90 Å². The fourth-order valence-electron chi connectivity index (χ4n) is 3.48. The maximum Gasteiger partial charge on any atom is 0.317 e. The van der Waals surface area contributed by atoms with Gasteiger partial charge in [-0.1, -0.05) is 24.4 Å². The zero-order valence-corrected chi connectivity index (χ0v) is 13.6. The standard InChI is InChI=1S/C15H21ClN2O2S/c16-13-5-4-12(21-13)9-17-14(19)18-8-7-15(20)6-2-1-3-11(15)10-18/h4-5,11,20H,1-3,6-10H2,(H,17,19)/t11-,15+/m0/s1. The first-order chi connectivity index (χ1) is 10.1. The summed E-state index contributed by atoms with van der Waals surface area (Å²) in [6, 6.07) is 3.74. The maximum absolute atomic E-state index is 12.3. The highest BCUT2D eigenvalue weighted by atomic mass is 35.5. The smallest absolute Gasteiger partial charge is 0.317 e. The number of carbonyl (C=O) groups is 1. The van der Waals surface area contributed by atoms with Gasteiger partial charge in [0.15, 0.2) is 0 Å².